The molecule has 1 saturated carbocycles. The molecule has 1 N–H and O–H groups in total. The zero-order chi connectivity index (χ0) is 20.2. The summed E-state index contributed by atoms with van der Waals surface area (Å²) in [5, 5.41) is 7.84. The van der Waals surface area contributed by atoms with Crippen molar-refractivity contribution in [1.29, 1.82) is 0 Å². The first-order valence-electron chi connectivity index (χ1n) is 11.2. The van der Waals surface area contributed by atoms with E-state index < -0.39 is 0 Å². The number of aromatic nitrogens is 3. The van der Waals surface area contributed by atoms with Crippen LogP contribution >= 0.6 is 0 Å². The Morgan fingerprint density at radius 3 is 2.69 bits per heavy atom. The quantitative estimate of drug-likeness (QED) is 0.688. The molecule has 1 fully saturated rings. The summed E-state index contributed by atoms with van der Waals surface area (Å²) in [6, 6.07) is 3.11. The summed E-state index contributed by atoms with van der Waals surface area (Å²) < 4.78 is 7.46. The van der Waals surface area contributed by atoms with Gasteiger partial charge in [-0.2, -0.15) is 5.10 Å². The molecule has 0 amide bonds. The van der Waals surface area contributed by atoms with E-state index in [-0.39, 0.29) is 0 Å². The summed E-state index contributed by atoms with van der Waals surface area (Å²) in [7, 11) is 1.98. The first-order valence-corrected chi connectivity index (χ1v) is 11.2. The van der Waals surface area contributed by atoms with Gasteiger partial charge in [-0.1, -0.05) is 6.92 Å². The topological polar surface area (TPSA) is 55.2 Å². The summed E-state index contributed by atoms with van der Waals surface area (Å²) in [4.78, 5) is 7.38. The molecule has 1 atom stereocenters. The fraction of sp³-hybridized carbons (Fsp3) is 0.652. The van der Waals surface area contributed by atoms with E-state index in [1.807, 2.05) is 17.9 Å². The smallest absolute Gasteiger partial charge is 0.129 e. The van der Waals surface area contributed by atoms with Crippen LogP contribution in [-0.4, -0.2) is 58.6 Å². The van der Waals surface area contributed by atoms with Crippen molar-refractivity contribution >= 4 is 5.82 Å². The molecule has 4 rings (SSSR count). The maximum atomic E-state index is 5.58. The van der Waals surface area contributed by atoms with E-state index in [0.717, 1.165) is 38.7 Å². The van der Waals surface area contributed by atoms with Gasteiger partial charge in [-0.25, -0.2) is 4.98 Å². The number of ether oxygens (including phenoxy) is 1. The Labute approximate surface area is 174 Å². The van der Waals surface area contributed by atoms with Gasteiger partial charge in [0.25, 0.3) is 0 Å². The second kappa shape index (κ2) is 9.26. The van der Waals surface area contributed by atoms with Gasteiger partial charge >= 0.3 is 0 Å². The molecule has 158 valence electrons. The van der Waals surface area contributed by atoms with Crippen LogP contribution in [0.3, 0.4) is 0 Å². The highest BCUT2D eigenvalue weighted by molar-refractivity contribution is 5.56. The SMILES string of the molecule is CCOCCN(CC)[C@H]1CC[C@H](c2cnc3c(c2)C(c2cnn(C)c2)CN3)CC1. The number of aryl methyl sites for hydroxylation is 1. The van der Waals surface area contributed by atoms with E-state index >= 15 is 0 Å². The first kappa shape index (κ1) is 20.4. The lowest BCUT2D eigenvalue weighted by atomic mass is 9.81. The molecule has 6 nitrogen and oxygen atoms in total. The summed E-state index contributed by atoms with van der Waals surface area (Å²) in [6.45, 7) is 9.08. The average molecular weight is 398 g/mol. The highest BCUT2D eigenvalue weighted by atomic mass is 16.5. The third kappa shape index (κ3) is 4.48. The second-order valence-corrected chi connectivity index (χ2v) is 8.42. The summed E-state index contributed by atoms with van der Waals surface area (Å²) in [5.41, 5.74) is 4.02. The van der Waals surface area contributed by atoms with Gasteiger partial charge in [0.1, 0.15) is 5.82 Å². The van der Waals surface area contributed by atoms with Gasteiger partial charge in [0.2, 0.25) is 0 Å². The lowest BCUT2D eigenvalue weighted by Gasteiger charge is -2.36. The van der Waals surface area contributed by atoms with Crippen LogP contribution in [0.5, 0.6) is 0 Å². The van der Waals surface area contributed by atoms with Gasteiger partial charge in [-0.05, 0) is 62.3 Å². The highest BCUT2D eigenvalue weighted by Crippen LogP contribution is 2.39. The van der Waals surface area contributed by atoms with E-state index in [2.05, 4.69) is 47.6 Å². The Hall–Kier alpha value is -1.92. The molecular formula is C23H35N5O. The number of likely N-dealkylation sites (N-methyl/N-ethyl adjacent to an activating group) is 1. The van der Waals surface area contributed by atoms with Crippen molar-refractivity contribution < 1.29 is 4.74 Å². The number of hydrogen-bond donors (Lipinski definition) is 1. The molecule has 1 unspecified atom stereocenters. The average Bonchev–Trinajstić information content (AvgIpc) is 3.37. The van der Waals surface area contributed by atoms with Crippen molar-refractivity contribution in [2.24, 2.45) is 7.05 Å². The maximum Gasteiger partial charge on any atom is 0.129 e. The summed E-state index contributed by atoms with van der Waals surface area (Å²) in [5.74, 6) is 2.03. The Balaban J connectivity index is 1.41. The Morgan fingerprint density at radius 1 is 1.17 bits per heavy atom. The minimum Gasteiger partial charge on any atom is -0.380 e. The molecule has 6 heteroatoms. The van der Waals surface area contributed by atoms with Crippen molar-refractivity contribution in [2.45, 2.75) is 57.4 Å². The first-order chi connectivity index (χ1) is 14.2. The molecule has 1 aliphatic heterocycles. The van der Waals surface area contributed by atoms with Gasteiger partial charge in [0.05, 0.1) is 12.8 Å². The van der Waals surface area contributed by atoms with Crippen molar-refractivity contribution in [1.82, 2.24) is 19.7 Å². The molecule has 0 saturated heterocycles. The zero-order valence-corrected chi connectivity index (χ0v) is 18.1. The number of rotatable bonds is 8. The van der Waals surface area contributed by atoms with Crippen LogP contribution in [0.25, 0.3) is 0 Å². The summed E-state index contributed by atoms with van der Waals surface area (Å²) >= 11 is 0. The van der Waals surface area contributed by atoms with Gasteiger partial charge in [-0.15, -0.1) is 0 Å². The zero-order valence-electron chi connectivity index (χ0n) is 18.1. The monoisotopic (exact) mass is 397 g/mol. The van der Waals surface area contributed by atoms with Crippen molar-refractivity contribution in [2.75, 3.05) is 38.2 Å². The number of nitrogens with zero attached hydrogens (tertiary/aromatic N) is 4. The lowest BCUT2D eigenvalue weighted by molar-refractivity contribution is 0.0834. The van der Waals surface area contributed by atoms with Crippen molar-refractivity contribution in [3.8, 4) is 0 Å². The number of hydrogen-bond acceptors (Lipinski definition) is 5. The van der Waals surface area contributed by atoms with Crippen molar-refractivity contribution in [3.63, 3.8) is 0 Å². The number of anilines is 1. The molecular weight excluding hydrogens is 362 g/mol. The number of pyridine rings is 1. The van der Waals surface area contributed by atoms with Crippen molar-refractivity contribution in [3.05, 3.63) is 41.3 Å². The predicted octanol–water partition coefficient (Wildman–Crippen LogP) is 3.76. The molecule has 0 bridgehead atoms. The third-order valence-corrected chi connectivity index (χ3v) is 6.73. The second-order valence-electron chi connectivity index (χ2n) is 8.42. The largest absolute Gasteiger partial charge is 0.380 e. The van der Waals surface area contributed by atoms with E-state index in [0.29, 0.717) is 17.9 Å². The number of nitrogens with one attached hydrogen (secondary N) is 1. The molecule has 2 aromatic rings. The number of fused-ring (bicyclic) bond motifs is 1. The van der Waals surface area contributed by atoms with Gasteiger partial charge in [-0.3, -0.25) is 9.58 Å². The van der Waals surface area contributed by atoms with Crippen LogP contribution in [0.1, 0.15) is 68.1 Å². The van der Waals surface area contributed by atoms with Crippen LogP contribution in [0.15, 0.2) is 24.7 Å². The van der Waals surface area contributed by atoms with E-state index in [1.54, 1.807) is 0 Å². The highest BCUT2D eigenvalue weighted by Gasteiger charge is 2.30. The third-order valence-electron chi connectivity index (χ3n) is 6.73. The minimum absolute atomic E-state index is 0.358. The van der Waals surface area contributed by atoms with Gasteiger partial charge in [0.15, 0.2) is 0 Å². The lowest BCUT2D eigenvalue weighted by Crippen LogP contribution is -2.39. The normalized spacial score (nSPS) is 23.9. The minimum atomic E-state index is 0.358. The van der Waals surface area contributed by atoms with E-state index in [4.69, 9.17) is 9.72 Å². The summed E-state index contributed by atoms with van der Waals surface area (Å²) in [6.07, 6.45) is 11.3. The molecule has 0 radical (unpaired) electrons. The fourth-order valence-corrected chi connectivity index (χ4v) is 5.06. The molecule has 1 aliphatic carbocycles. The fourth-order valence-electron chi connectivity index (χ4n) is 5.06. The molecule has 0 aromatic carbocycles. The Kier molecular flexibility index (Phi) is 6.50. The standard InChI is InChI=1S/C23H35N5O/c1-4-28(10-11-29-5-2)20-8-6-17(7-9-20)18-12-21-22(15-25-23(21)24-13-18)19-14-26-27(3)16-19/h12-14,16-17,20,22H,4-11,15H2,1-3H3,(H,24,25)/t17-,20-,22?. The molecule has 2 aromatic heterocycles. The molecule has 2 aliphatic rings. The molecule has 3 heterocycles. The van der Waals surface area contributed by atoms with E-state index in [1.165, 1.54) is 42.4 Å². The predicted molar refractivity (Wildman–Crippen MR) is 117 cm³/mol. The maximum absolute atomic E-state index is 5.58. The van der Waals surface area contributed by atoms with Gasteiger partial charge in [0, 0.05) is 56.7 Å². The molecule has 0 spiro atoms. The van der Waals surface area contributed by atoms with Crippen LogP contribution in [-0.2, 0) is 11.8 Å². The van der Waals surface area contributed by atoms with Crippen LogP contribution < -0.4 is 5.32 Å². The van der Waals surface area contributed by atoms with Crippen LogP contribution in [0.4, 0.5) is 5.82 Å². The molecule has 29 heavy (non-hydrogen) atoms. The van der Waals surface area contributed by atoms with E-state index in [9.17, 15) is 0 Å². The van der Waals surface area contributed by atoms with Crippen LogP contribution in [0, 0.1) is 0 Å². The van der Waals surface area contributed by atoms with Crippen LogP contribution in [0.2, 0.25) is 0 Å². The van der Waals surface area contributed by atoms with Gasteiger partial charge < -0.3 is 10.1 Å². The Morgan fingerprint density at radius 2 is 2.00 bits per heavy atom. The Bertz CT molecular complexity index is 796.